The van der Waals surface area contributed by atoms with Crippen molar-refractivity contribution in [1.29, 1.82) is 0 Å². The summed E-state index contributed by atoms with van der Waals surface area (Å²) in [5.74, 6) is 0. The Morgan fingerprint density at radius 1 is 1.24 bits per heavy atom. The average molecular weight is 248 g/mol. The minimum atomic E-state index is 0.298. The van der Waals surface area contributed by atoms with Crippen molar-refractivity contribution < 1.29 is 0 Å². The molecule has 1 nitrogen and oxygen atoms in total. The fraction of sp³-hybridized carbons (Fsp3) is 0.400. The van der Waals surface area contributed by atoms with Crippen molar-refractivity contribution in [2.75, 3.05) is 0 Å². The quantitative estimate of drug-likeness (QED) is 0.705. The van der Waals surface area contributed by atoms with Crippen molar-refractivity contribution in [2.45, 2.75) is 38.0 Å². The van der Waals surface area contributed by atoms with Crippen molar-refractivity contribution in [3.05, 3.63) is 42.1 Å². The van der Waals surface area contributed by atoms with Crippen LogP contribution in [0.3, 0.4) is 0 Å². The Morgan fingerprint density at radius 3 is 2.88 bits per heavy atom. The molecule has 2 heteroatoms. The van der Waals surface area contributed by atoms with E-state index in [1.165, 1.54) is 10.9 Å². The zero-order valence-electron chi connectivity index (χ0n) is 10.2. The minimum absolute atomic E-state index is 0.298. The summed E-state index contributed by atoms with van der Waals surface area (Å²) in [6.07, 6.45) is 6.28. The summed E-state index contributed by atoms with van der Waals surface area (Å²) >= 11 is 6.23. The van der Waals surface area contributed by atoms with E-state index in [2.05, 4.69) is 30.1 Å². The predicted molar refractivity (Wildman–Crippen MR) is 74.6 cm³/mol. The molecule has 2 aromatic rings. The van der Waals surface area contributed by atoms with Crippen LogP contribution in [0.25, 0.3) is 10.9 Å². The highest BCUT2D eigenvalue weighted by atomic mass is 35.5. The molecule has 0 fully saturated rings. The minimum Gasteiger partial charge on any atom is -0.256 e. The Labute approximate surface area is 108 Å². The Kier molecular flexibility index (Phi) is 4.38. The van der Waals surface area contributed by atoms with Gasteiger partial charge in [-0.3, -0.25) is 4.98 Å². The number of aromatic nitrogens is 1. The second-order valence-corrected chi connectivity index (χ2v) is 5.08. The molecule has 1 atom stereocenters. The Balaban J connectivity index is 2.04. The first-order chi connectivity index (χ1) is 8.29. The van der Waals surface area contributed by atoms with Gasteiger partial charge in [-0.05, 0) is 37.0 Å². The highest BCUT2D eigenvalue weighted by Gasteiger charge is 2.04. The third kappa shape index (κ3) is 3.44. The fourth-order valence-corrected chi connectivity index (χ4v) is 2.36. The van der Waals surface area contributed by atoms with Crippen LogP contribution < -0.4 is 0 Å². The summed E-state index contributed by atoms with van der Waals surface area (Å²) < 4.78 is 0. The number of pyridine rings is 1. The zero-order valence-corrected chi connectivity index (χ0v) is 11.0. The van der Waals surface area contributed by atoms with Gasteiger partial charge in [-0.2, -0.15) is 0 Å². The first-order valence-electron chi connectivity index (χ1n) is 6.27. The molecule has 90 valence electrons. The van der Waals surface area contributed by atoms with Crippen LogP contribution in [0.2, 0.25) is 0 Å². The van der Waals surface area contributed by atoms with Crippen molar-refractivity contribution in [3.63, 3.8) is 0 Å². The van der Waals surface area contributed by atoms with Gasteiger partial charge >= 0.3 is 0 Å². The second-order valence-electron chi connectivity index (χ2n) is 4.46. The summed E-state index contributed by atoms with van der Waals surface area (Å²) in [5, 5.41) is 1.51. The molecular weight excluding hydrogens is 230 g/mol. The van der Waals surface area contributed by atoms with E-state index in [-0.39, 0.29) is 0 Å². The molecule has 2 rings (SSSR count). The van der Waals surface area contributed by atoms with E-state index >= 15 is 0 Å². The van der Waals surface area contributed by atoms with Crippen molar-refractivity contribution in [1.82, 2.24) is 4.98 Å². The maximum absolute atomic E-state index is 6.23. The van der Waals surface area contributed by atoms with E-state index in [0.717, 1.165) is 31.2 Å². The summed E-state index contributed by atoms with van der Waals surface area (Å²) in [7, 11) is 0. The molecule has 0 N–H and O–H groups in total. The van der Waals surface area contributed by atoms with Gasteiger partial charge in [0, 0.05) is 17.0 Å². The summed E-state index contributed by atoms with van der Waals surface area (Å²) in [5.41, 5.74) is 2.35. The summed E-state index contributed by atoms with van der Waals surface area (Å²) in [6, 6.07) is 10.4. The van der Waals surface area contributed by atoms with E-state index < -0.39 is 0 Å². The van der Waals surface area contributed by atoms with Gasteiger partial charge in [-0.1, -0.05) is 31.5 Å². The van der Waals surface area contributed by atoms with Gasteiger partial charge in [-0.15, -0.1) is 11.6 Å². The van der Waals surface area contributed by atoms with Gasteiger partial charge in [0.05, 0.1) is 5.52 Å². The van der Waals surface area contributed by atoms with Crippen molar-refractivity contribution >= 4 is 22.5 Å². The third-order valence-electron chi connectivity index (χ3n) is 3.00. The lowest BCUT2D eigenvalue weighted by Crippen LogP contribution is -2.00. The van der Waals surface area contributed by atoms with E-state index in [1.807, 2.05) is 18.3 Å². The van der Waals surface area contributed by atoms with Crippen LogP contribution >= 0.6 is 11.6 Å². The molecule has 0 aliphatic rings. The number of hydrogen-bond acceptors (Lipinski definition) is 1. The molecule has 0 saturated heterocycles. The summed E-state index contributed by atoms with van der Waals surface area (Å²) in [6.45, 7) is 2.17. The largest absolute Gasteiger partial charge is 0.256 e. The zero-order chi connectivity index (χ0) is 12.1. The molecule has 0 aliphatic carbocycles. The monoisotopic (exact) mass is 247 g/mol. The lowest BCUT2D eigenvalue weighted by molar-refractivity contribution is 0.675. The number of benzene rings is 1. The number of aryl methyl sites for hydroxylation is 1. The molecule has 1 unspecified atom stereocenters. The number of rotatable bonds is 5. The molecular formula is C15H18ClN. The smallest absolute Gasteiger partial charge is 0.0702 e. The number of para-hydroxylation sites is 1. The third-order valence-corrected chi connectivity index (χ3v) is 3.43. The molecule has 17 heavy (non-hydrogen) atoms. The van der Waals surface area contributed by atoms with E-state index in [0.29, 0.717) is 5.38 Å². The highest BCUT2D eigenvalue weighted by Crippen LogP contribution is 2.17. The van der Waals surface area contributed by atoms with Crippen LogP contribution in [-0.2, 0) is 6.42 Å². The van der Waals surface area contributed by atoms with Crippen LogP contribution in [0, 0.1) is 0 Å². The molecule has 0 radical (unpaired) electrons. The van der Waals surface area contributed by atoms with Crippen LogP contribution in [0.1, 0.15) is 31.7 Å². The molecule has 1 aromatic heterocycles. The predicted octanol–water partition coefficient (Wildman–Crippen LogP) is 4.57. The van der Waals surface area contributed by atoms with Gasteiger partial charge in [-0.25, -0.2) is 0 Å². The fourth-order valence-electron chi connectivity index (χ4n) is 2.03. The molecule has 1 aromatic carbocycles. The number of nitrogens with zero attached hydrogens (tertiary/aromatic N) is 1. The van der Waals surface area contributed by atoms with E-state index in [1.54, 1.807) is 0 Å². The Morgan fingerprint density at radius 2 is 2.06 bits per heavy atom. The molecule has 1 heterocycles. The number of halogens is 1. The first-order valence-corrected chi connectivity index (χ1v) is 6.71. The number of alkyl halides is 1. The van der Waals surface area contributed by atoms with Crippen LogP contribution in [0.15, 0.2) is 36.5 Å². The normalized spacial score (nSPS) is 12.8. The first kappa shape index (κ1) is 12.4. The number of fused-ring (bicyclic) bond motifs is 1. The number of hydrogen-bond donors (Lipinski definition) is 0. The highest BCUT2D eigenvalue weighted by molar-refractivity contribution is 6.20. The maximum atomic E-state index is 6.23. The molecule has 0 aliphatic heterocycles. The van der Waals surface area contributed by atoms with Crippen molar-refractivity contribution in [3.8, 4) is 0 Å². The lowest BCUT2D eigenvalue weighted by atomic mass is 10.1. The van der Waals surface area contributed by atoms with Gasteiger partial charge in [0.2, 0.25) is 0 Å². The maximum Gasteiger partial charge on any atom is 0.0702 e. The van der Waals surface area contributed by atoms with E-state index in [4.69, 9.17) is 11.6 Å². The second kappa shape index (κ2) is 6.02. The van der Waals surface area contributed by atoms with Crippen molar-refractivity contribution in [2.24, 2.45) is 0 Å². The van der Waals surface area contributed by atoms with Crippen LogP contribution in [-0.4, -0.2) is 10.4 Å². The average Bonchev–Trinajstić information content (AvgIpc) is 2.36. The van der Waals surface area contributed by atoms with Crippen LogP contribution in [0.5, 0.6) is 0 Å². The Hall–Kier alpha value is -1.08. The van der Waals surface area contributed by atoms with Gasteiger partial charge in [0.15, 0.2) is 0 Å². The van der Waals surface area contributed by atoms with Crippen LogP contribution in [0.4, 0.5) is 0 Å². The van der Waals surface area contributed by atoms with E-state index in [9.17, 15) is 0 Å². The summed E-state index contributed by atoms with van der Waals surface area (Å²) in [4.78, 5) is 4.46. The molecule has 0 amide bonds. The van der Waals surface area contributed by atoms with Gasteiger partial charge in [0.1, 0.15) is 0 Å². The Bertz CT molecular complexity index is 481. The standard InChI is InChI=1S/C15H18ClN/c1-2-5-14(16)9-8-12-10-13-6-3-4-7-15(13)17-11-12/h3-4,6-7,10-11,14H,2,5,8-9H2,1H3. The lowest BCUT2D eigenvalue weighted by Gasteiger charge is -2.08. The molecule has 0 spiro atoms. The van der Waals surface area contributed by atoms with Gasteiger partial charge in [0.25, 0.3) is 0 Å². The topological polar surface area (TPSA) is 12.9 Å². The SMILES string of the molecule is CCCC(Cl)CCc1cnc2ccccc2c1. The molecule has 0 saturated carbocycles. The molecule has 0 bridgehead atoms. The van der Waals surface area contributed by atoms with Gasteiger partial charge < -0.3 is 0 Å².